The topological polar surface area (TPSA) is 68.0 Å². The van der Waals surface area contributed by atoms with E-state index in [-0.39, 0.29) is 24.2 Å². The molecule has 1 heterocycles. The van der Waals surface area contributed by atoms with Crippen molar-refractivity contribution in [1.82, 2.24) is 10.3 Å². The predicted molar refractivity (Wildman–Crippen MR) is 54.1 cm³/mol. The molecule has 1 saturated carbocycles. The third kappa shape index (κ3) is 2.17. The van der Waals surface area contributed by atoms with E-state index in [1.165, 1.54) is 18.3 Å². The molecule has 0 unspecified atom stereocenters. The number of hydrogen-bond acceptors (Lipinski definition) is 3. The third-order valence-electron chi connectivity index (χ3n) is 2.66. The van der Waals surface area contributed by atoms with Gasteiger partial charge in [0.1, 0.15) is 11.2 Å². The first-order valence-electron chi connectivity index (χ1n) is 4.95. The summed E-state index contributed by atoms with van der Waals surface area (Å²) in [6.45, 7) is 0. The Hall–Kier alpha value is -1.79. The van der Waals surface area contributed by atoms with Crippen molar-refractivity contribution < 1.29 is 18.0 Å². The van der Waals surface area contributed by atoms with E-state index < -0.39 is 17.6 Å². The van der Waals surface area contributed by atoms with Gasteiger partial charge in [0.05, 0.1) is 0 Å². The highest BCUT2D eigenvalue weighted by Gasteiger charge is 2.64. The van der Waals surface area contributed by atoms with Crippen LogP contribution in [-0.4, -0.2) is 22.6 Å². The second-order valence-corrected chi connectivity index (χ2v) is 4.01. The Balaban J connectivity index is 2.13. The maximum Gasteiger partial charge on any atom is 0.411 e. The Morgan fingerprint density at radius 1 is 1.47 bits per heavy atom. The van der Waals surface area contributed by atoms with Crippen LogP contribution in [0.2, 0.25) is 0 Å². The number of carbonyl (C=O) groups is 1. The van der Waals surface area contributed by atoms with Crippen molar-refractivity contribution in [3.05, 3.63) is 24.0 Å². The van der Waals surface area contributed by atoms with Crippen LogP contribution in [0.15, 0.2) is 18.3 Å². The van der Waals surface area contributed by atoms with Crippen LogP contribution in [0.25, 0.3) is 0 Å². The summed E-state index contributed by atoms with van der Waals surface area (Å²) in [6, 6.07) is 2.69. The van der Waals surface area contributed by atoms with Gasteiger partial charge in [-0.25, -0.2) is 0 Å². The van der Waals surface area contributed by atoms with Gasteiger partial charge in [-0.15, -0.1) is 0 Å². The highest BCUT2D eigenvalue weighted by atomic mass is 19.4. The normalized spacial score (nSPS) is 17.6. The fourth-order valence-electron chi connectivity index (χ4n) is 1.46. The van der Waals surface area contributed by atoms with Gasteiger partial charge in [0.2, 0.25) is 0 Å². The molecule has 1 aliphatic carbocycles. The summed E-state index contributed by atoms with van der Waals surface area (Å²) in [5, 5.41) is 1.97. The number of hydrogen-bond donors (Lipinski definition) is 2. The molecule has 0 aromatic carbocycles. The van der Waals surface area contributed by atoms with Gasteiger partial charge in [0.15, 0.2) is 0 Å². The molecule has 1 aliphatic rings. The molecule has 0 radical (unpaired) electrons. The zero-order valence-electron chi connectivity index (χ0n) is 8.71. The minimum Gasteiger partial charge on any atom is -0.399 e. The molecule has 1 amide bonds. The van der Waals surface area contributed by atoms with Crippen molar-refractivity contribution in [2.45, 2.75) is 24.6 Å². The van der Waals surface area contributed by atoms with Crippen LogP contribution >= 0.6 is 0 Å². The van der Waals surface area contributed by atoms with Gasteiger partial charge < -0.3 is 11.1 Å². The molecule has 7 heteroatoms. The lowest BCUT2D eigenvalue weighted by Gasteiger charge is -2.20. The van der Waals surface area contributed by atoms with Gasteiger partial charge in [-0.1, -0.05) is 0 Å². The number of rotatable bonds is 2. The summed E-state index contributed by atoms with van der Waals surface area (Å²) in [6.07, 6.45) is -3.34. The standard InChI is InChI=1S/C10H10F3N3O/c11-10(12,13)9(2-3-9)16-8(17)7-5-6(14)1-4-15-7/h1,4-5H,2-3H2,(H2,14,15)(H,16,17). The smallest absolute Gasteiger partial charge is 0.399 e. The lowest BCUT2D eigenvalue weighted by atomic mass is 10.2. The van der Waals surface area contributed by atoms with E-state index >= 15 is 0 Å². The van der Waals surface area contributed by atoms with Crippen LogP contribution in [0.1, 0.15) is 23.3 Å². The van der Waals surface area contributed by atoms with E-state index in [1.54, 1.807) is 0 Å². The average molecular weight is 245 g/mol. The first kappa shape index (κ1) is 11.7. The molecular formula is C10H10F3N3O. The van der Waals surface area contributed by atoms with Gasteiger partial charge >= 0.3 is 6.18 Å². The number of nitrogens with zero attached hydrogens (tertiary/aromatic N) is 1. The number of nitrogens with two attached hydrogens (primary N) is 1. The van der Waals surface area contributed by atoms with Gasteiger partial charge in [-0.2, -0.15) is 13.2 Å². The fourth-order valence-corrected chi connectivity index (χ4v) is 1.46. The fraction of sp³-hybridized carbons (Fsp3) is 0.400. The minimum absolute atomic E-state index is 0.0927. The van der Waals surface area contributed by atoms with Crippen molar-refractivity contribution in [1.29, 1.82) is 0 Å². The van der Waals surface area contributed by atoms with E-state index in [0.717, 1.165) is 0 Å². The van der Waals surface area contributed by atoms with Gasteiger partial charge in [-0.3, -0.25) is 9.78 Å². The molecule has 92 valence electrons. The Kier molecular flexibility index (Phi) is 2.48. The van der Waals surface area contributed by atoms with Gasteiger partial charge in [0.25, 0.3) is 5.91 Å². The molecule has 1 aromatic rings. The molecule has 2 rings (SSSR count). The summed E-state index contributed by atoms with van der Waals surface area (Å²) in [5.41, 5.74) is 3.52. The lowest BCUT2D eigenvalue weighted by molar-refractivity contribution is -0.163. The Morgan fingerprint density at radius 3 is 2.59 bits per heavy atom. The number of pyridine rings is 1. The number of nitrogens with one attached hydrogen (secondary N) is 1. The van der Waals surface area contributed by atoms with Crippen LogP contribution in [0.3, 0.4) is 0 Å². The highest BCUT2D eigenvalue weighted by molar-refractivity contribution is 5.93. The first-order valence-corrected chi connectivity index (χ1v) is 4.95. The molecule has 17 heavy (non-hydrogen) atoms. The SMILES string of the molecule is Nc1ccnc(C(=O)NC2(C(F)(F)F)CC2)c1. The van der Waals surface area contributed by atoms with Crippen molar-refractivity contribution in [3.63, 3.8) is 0 Å². The van der Waals surface area contributed by atoms with Crippen molar-refractivity contribution in [3.8, 4) is 0 Å². The maximum absolute atomic E-state index is 12.6. The average Bonchev–Trinajstić information content (AvgIpc) is 2.98. The zero-order chi connectivity index (χ0) is 12.7. The number of aromatic nitrogens is 1. The van der Waals surface area contributed by atoms with Gasteiger partial charge in [0, 0.05) is 11.9 Å². The van der Waals surface area contributed by atoms with Crippen molar-refractivity contribution in [2.75, 3.05) is 5.73 Å². The summed E-state index contributed by atoms with van der Waals surface area (Å²) in [7, 11) is 0. The quantitative estimate of drug-likeness (QED) is 0.829. The van der Waals surface area contributed by atoms with Crippen LogP contribution in [0, 0.1) is 0 Å². The number of halogens is 3. The lowest BCUT2D eigenvalue weighted by Crippen LogP contribution is -2.48. The first-order chi connectivity index (χ1) is 7.84. The Labute approximate surface area is 95.0 Å². The molecule has 1 fully saturated rings. The van der Waals surface area contributed by atoms with E-state index in [9.17, 15) is 18.0 Å². The summed E-state index contributed by atoms with van der Waals surface area (Å²) in [4.78, 5) is 15.2. The molecule has 0 spiro atoms. The maximum atomic E-state index is 12.6. The minimum atomic E-state index is -4.43. The Bertz CT molecular complexity index is 454. The van der Waals surface area contributed by atoms with E-state index in [1.807, 2.05) is 5.32 Å². The Morgan fingerprint density at radius 2 is 2.12 bits per heavy atom. The zero-order valence-corrected chi connectivity index (χ0v) is 8.71. The number of carbonyl (C=O) groups excluding carboxylic acids is 1. The molecule has 0 bridgehead atoms. The van der Waals surface area contributed by atoms with Gasteiger partial charge in [-0.05, 0) is 25.0 Å². The molecule has 0 aliphatic heterocycles. The highest BCUT2D eigenvalue weighted by Crippen LogP contribution is 2.48. The monoisotopic (exact) mass is 245 g/mol. The summed E-state index contributed by atoms with van der Waals surface area (Å²) in [5.74, 6) is -0.855. The van der Waals surface area contributed by atoms with Crippen LogP contribution in [0.5, 0.6) is 0 Å². The van der Waals surface area contributed by atoms with E-state index in [4.69, 9.17) is 5.73 Å². The number of alkyl halides is 3. The van der Waals surface area contributed by atoms with Crippen LogP contribution in [0.4, 0.5) is 18.9 Å². The molecule has 3 N–H and O–H groups in total. The summed E-state index contributed by atoms with van der Waals surface area (Å²) >= 11 is 0. The number of anilines is 1. The molecular weight excluding hydrogens is 235 g/mol. The van der Waals surface area contributed by atoms with Crippen molar-refractivity contribution in [2.24, 2.45) is 0 Å². The third-order valence-corrected chi connectivity index (χ3v) is 2.66. The predicted octanol–water partition coefficient (Wildman–Crippen LogP) is 1.49. The van der Waals surface area contributed by atoms with E-state index in [0.29, 0.717) is 0 Å². The second-order valence-electron chi connectivity index (χ2n) is 4.01. The molecule has 0 saturated heterocycles. The number of nitrogen functional groups attached to an aromatic ring is 1. The number of amides is 1. The molecule has 0 atom stereocenters. The van der Waals surface area contributed by atoms with Crippen LogP contribution in [-0.2, 0) is 0 Å². The summed E-state index contributed by atoms with van der Waals surface area (Å²) < 4.78 is 37.8. The largest absolute Gasteiger partial charge is 0.411 e. The van der Waals surface area contributed by atoms with Crippen LogP contribution < -0.4 is 11.1 Å². The second kappa shape index (κ2) is 3.61. The van der Waals surface area contributed by atoms with E-state index in [2.05, 4.69) is 4.98 Å². The molecule has 1 aromatic heterocycles. The van der Waals surface area contributed by atoms with Crippen molar-refractivity contribution >= 4 is 11.6 Å². The molecule has 4 nitrogen and oxygen atoms in total.